The van der Waals surface area contributed by atoms with Gasteiger partial charge in [-0.05, 0) is 25.0 Å². The first-order chi connectivity index (χ1) is 7.74. The van der Waals surface area contributed by atoms with Gasteiger partial charge in [0, 0.05) is 17.8 Å². The van der Waals surface area contributed by atoms with Crippen LogP contribution in [0, 0.1) is 6.92 Å². The second-order valence-corrected chi connectivity index (χ2v) is 3.92. The quantitative estimate of drug-likeness (QED) is 0.826. The molecule has 0 aliphatic carbocycles. The average Bonchev–Trinajstić information content (AvgIpc) is 2.71. The molecule has 0 bridgehead atoms. The highest BCUT2D eigenvalue weighted by atomic mass is 14.9. The molecule has 0 atom stereocenters. The summed E-state index contributed by atoms with van der Waals surface area (Å²) in [5.41, 5.74) is 10.1. The van der Waals surface area contributed by atoms with Crippen molar-refractivity contribution in [3.05, 3.63) is 41.2 Å². The molecule has 1 aromatic heterocycles. The maximum Gasteiger partial charge on any atom is 0.137 e. The Labute approximate surface area is 95.7 Å². The highest BCUT2D eigenvalue weighted by Gasteiger charge is 2.06. The second kappa shape index (κ2) is 4.49. The van der Waals surface area contributed by atoms with Crippen LogP contribution >= 0.6 is 0 Å². The van der Waals surface area contributed by atoms with Gasteiger partial charge in [-0.25, -0.2) is 4.98 Å². The van der Waals surface area contributed by atoms with E-state index in [1.165, 1.54) is 0 Å². The number of aromatic nitrogens is 2. The Bertz CT molecular complexity index is 486. The van der Waals surface area contributed by atoms with E-state index in [0.29, 0.717) is 6.54 Å². The third kappa shape index (κ3) is 1.99. The number of aryl methyl sites for hydroxylation is 2. The van der Waals surface area contributed by atoms with Crippen LogP contribution in [0.25, 0.3) is 11.4 Å². The number of aromatic amines is 1. The summed E-state index contributed by atoms with van der Waals surface area (Å²) in [5, 5.41) is 0. The Morgan fingerprint density at radius 3 is 2.81 bits per heavy atom. The van der Waals surface area contributed by atoms with Gasteiger partial charge in [-0.15, -0.1) is 0 Å². The van der Waals surface area contributed by atoms with Gasteiger partial charge in [-0.1, -0.05) is 25.1 Å². The van der Waals surface area contributed by atoms with Crippen molar-refractivity contribution in [3.63, 3.8) is 0 Å². The Morgan fingerprint density at radius 1 is 1.38 bits per heavy atom. The number of nitrogens with one attached hydrogen (secondary N) is 1. The first-order valence-corrected chi connectivity index (χ1v) is 5.59. The minimum Gasteiger partial charge on any atom is -0.342 e. The number of hydrogen-bond donors (Lipinski definition) is 2. The molecule has 84 valence electrons. The lowest BCUT2D eigenvalue weighted by atomic mass is 10.1. The van der Waals surface area contributed by atoms with Crippen molar-refractivity contribution in [2.24, 2.45) is 5.73 Å². The number of benzene rings is 1. The molecule has 2 rings (SSSR count). The third-order valence-electron chi connectivity index (χ3n) is 2.76. The summed E-state index contributed by atoms with van der Waals surface area (Å²) in [4.78, 5) is 7.89. The zero-order chi connectivity index (χ0) is 11.5. The van der Waals surface area contributed by atoms with Crippen molar-refractivity contribution in [2.75, 3.05) is 0 Å². The number of hydrogen-bond acceptors (Lipinski definition) is 2. The first kappa shape index (κ1) is 10.9. The third-order valence-corrected chi connectivity index (χ3v) is 2.76. The maximum absolute atomic E-state index is 5.63. The van der Waals surface area contributed by atoms with E-state index in [0.717, 1.165) is 34.8 Å². The number of rotatable bonds is 3. The molecule has 0 aliphatic rings. The molecule has 3 N–H and O–H groups in total. The predicted octanol–water partition coefficient (Wildman–Crippen LogP) is 2.41. The Balaban J connectivity index is 2.41. The van der Waals surface area contributed by atoms with E-state index in [9.17, 15) is 0 Å². The molecule has 1 aromatic carbocycles. The molecule has 0 unspecified atom stereocenters. The largest absolute Gasteiger partial charge is 0.342 e. The average molecular weight is 215 g/mol. The van der Waals surface area contributed by atoms with E-state index in [4.69, 9.17) is 5.73 Å². The summed E-state index contributed by atoms with van der Waals surface area (Å²) < 4.78 is 0. The maximum atomic E-state index is 5.63. The molecule has 0 fully saturated rings. The Morgan fingerprint density at radius 2 is 2.19 bits per heavy atom. The van der Waals surface area contributed by atoms with Gasteiger partial charge in [0.2, 0.25) is 0 Å². The summed E-state index contributed by atoms with van der Waals surface area (Å²) in [5.74, 6) is 0.935. The summed E-state index contributed by atoms with van der Waals surface area (Å²) in [7, 11) is 0. The second-order valence-electron chi connectivity index (χ2n) is 3.92. The zero-order valence-corrected chi connectivity index (χ0v) is 9.75. The van der Waals surface area contributed by atoms with Crippen LogP contribution < -0.4 is 5.73 Å². The topological polar surface area (TPSA) is 54.7 Å². The van der Waals surface area contributed by atoms with Crippen LogP contribution in [0.5, 0.6) is 0 Å². The van der Waals surface area contributed by atoms with Crippen molar-refractivity contribution in [1.29, 1.82) is 0 Å². The molecule has 1 heterocycles. The molecular weight excluding hydrogens is 198 g/mol. The van der Waals surface area contributed by atoms with Gasteiger partial charge in [0.25, 0.3) is 0 Å². The number of nitrogens with zero attached hydrogens (tertiary/aromatic N) is 1. The lowest BCUT2D eigenvalue weighted by molar-refractivity contribution is 1.04. The predicted molar refractivity (Wildman–Crippen MR) is 66.0 cm³/mol. The van der Waals surface area contributed by atoms with Gasteiger partial charge in [0.05, 0.1) is 5.69 Å². The highest BCUT2D eigenvalue weighted by molar-refractivity contribution is 5.57. The van der Waals surface area contributed by atoms with Gasteiger partial charge in [0.15, 0.2) is 0 Å². The molecule has 0 saturated heterocycles. The van der Waals surface area contributed by atoms with E-state index in [1.54, 1.807) is 0 Å². The Kier molecular flexibility index (Phi) is 3.06. The summed E-state index contributed by atoms with van der Waals surface area (Å²) in [6, 6.07) is 8.18. The number of H-pyrrole nitrogens is 1. The number of nitrogens with two attached hydrogens (primary N) is 1. The van der Waals surface area contributed by atoms with Crippen molar-refractivity contribution in [2.45, 2.75) is 26.8 Å². The van der Waals surface area contributed by atoms with Crippen LogP contribution in [-0.2, 0) is 13.0 Å². The van der Waals surface area contributed by atoms with E-state index in [-0.39, 0.29) is 0 Å². The van der Waals surface area contributed by atoms with Crippen LogP contribution in [0.2, 0.25) is 0 Å². The van der Waals surface area contributed by atoms with Gasteiger partial charge >= 0.3 is 0 Å². The van der Waals surface area contributed by atoms with E-state index < -0.39 is 0 Å². The Hall–Kier alpha value is -1.61. The molecule has 2 aromatic rings. The van der Waals surface area contributed by atoms with Crippen LogP contribution in [-0.4, -0.2) is 9.97 Å². The zero-order valence-electron chi connectivity index (χ0n) is 9.75. The lowest BCUT2D eigenvalue weighted by Crippen LogP contribution is -1.96. The molecule has 0 spiro atoms. The minimum absolute atomic E-state index is 0.564. The molecule has 0 saturated carbocycles. The molecule has 0 amide bonds. The lowest BCUT2D eigenvalue weighted by Gasteiger charge is -2.00. The van der Waals surface area contributed by atoms with Gasteiger partial charge in [-0.3, -0.25) is 0 Å². The number of imidazole rings is 1. The molecule has 16 heavy (non-hydrogen) atoms. The molecule has 3 nitrogen and oxygen atoms in total. The van der Waals surface area contributed by atoms with Crippen molar-refractivity contribution < 1.29 is 0 Å². The fourth-order valence-electron chi connectivity index (χ4n) is 1.82. The van der Waals surface area contributed by atoms with E-state index in [2.05, 4.69) is 35.9 Å². The van der Waals surface area contributed by atoms with Gasteiger partial charge in [-0.2, -0.15) is 0 Å². The molecular formula is C13H17N3. The highest BCUT2D eigenvalue weighted by Crippen LogP contribution is 2.19. The molecule has 3 heteroatoms. The fraction of sp³-hybridized carbons (Fsp3) is 0.308. The smallest absolute Gasteiger partial charge is 0.137 e. The van der Waals surface area contributed by atoms with E-state index in [1.807, 2.05) is 12.1 Å². The summed E-state index contributed by atoms with van der Waals surface area (Å²) in [6.07, 6.45) is 0.957. The molecule has 0 radical (unpaired) electrons. The standard InChI is InChI=1S/C13H17N3/c1-3-12-9(2)15-13(16-12)11-6-4-5-10(7-11)8-14/h4-7H,3,8,14H2,1-2H3,(H,15,16). The minimum atomic E-state index is 0.564. The SMILES string of the molecule is CCc1nc(-c2cccc(CN)c2)[nH]c1C. The fourth-order valence-corrected chi connectivity index (χ4v) is 1.82. The van der Waals surface area contributed by atoms with Gasteiger partial charge < -0.3 is 10.7 Å². The van der Waals surface area contributed by atoms with E-state index >= 15 is 0 Å². The van der Waals surface area contributed by atoms with Crippen molar-refractivity contribution >= 4 is 0 Å². The van der Waals surface area contributed by atoms with Gasteiger partial charge in [0.1, 0.15) is 5.82 Å². The van der Waals surface area contributed by atoms with Crippen LogP contribution in [0.4, 0.5) is 0 Å². The monoisotopic (exact) mass is 215 g/mol. The normalized spacial score (nSPS) is 10.7. The van der Waals surface area contributed by atoms with Crippen LogP contribution in [0.3, 0.4) is 0 Å². The summed E-state index contributed by atoms with van der Waals surface area (Å²) >= 11 is 0. The first-order valence-electron chi connectivity index (χ1n) is 5.59. The van der Waals surface area contributed by atoms with Crippen molar-refractivity contribution in [1.82, 2.24) is 9.97 Å². The summed E-state index contributed by atoms with van der Waals surface area (Å²) in [6.45, 7) is 4.74. The van der Waals surface area contributed by atoms with Crippen LogP contribution in [0.15, 0.2) is 24.3 Å². The van der Waals surface area contributed by atoms with Crippen LogP contribution in [0.1, 0.15) is 23.9 Å². The molecule has 0 aliphatic heterocycles. The van der Waals surface area contributed by atoms with Crippen molar-refractivity contribution in [3.8, 4) is 11.4 Å².